The molecule has 0 radical (unpaired) electrons. The molecule has 0 spiro atoms. The third-order valence-electron chi connectivity index (χ3n) is 5.33. The van der Waals surface area contributed by atoms with E-state index in [0.717, 1.165) is 29.8 Å². The van der Waals surface area contributed by atoms with Gasteiger partial charge in [-0.05, 0) is 49.1 Å². The molecule has 0 bridgehead atoms. The summed E-state index contributed by atoms with van der Waals surface area (Å²) in [5.74, 6) is 0.664. The Hall–Kier alpha value is -3.02. The number of imidazole rings is 1. The lowest BCUT2D eigenvalue weighted by molar-refractivity contribution is 0.0702. The number of amides is 1. The second-order valence-electron chi connectivity index (χ2n) is 7.32. The number of rotatable bonds is 4. The summed E-state index contributed by atoms with van der Waals surface area (Å²) in [6.07, 6.45) is 9.29. The van der Waals surface area contributed by atoms with Crippen molar-refractivity contribution in [2.24, 2.45) is 0 Å². The van der Waals surface area contributed by atoms with Crippen molar-refractivity contribution in [3.05, 3.63) is 83.5 Å². The van der Waals surface area contributed by atoms with Crippen molar-refractivity contribution in [2.75, 3.05) is 13.1 Å². The van der Waals surface area contributed by atoms with Crippen LogP contribution in [0.25, 0.3) is 0 Å². The summed E-state index contributed by atoms with van der Waals surface area (Å²) in [6, 6.07) is 8.35. The molecule has 0 unspecified atom stereocenters. The second kappa shape index (κ2) is 7.92. The van der Waals surface area contributed by atoms with Gasteiger partial charge in [0.25, 0.3) is 5.91 Å². The summed E-state index contributed by atoms with van der Waals surface area (Å²) in [7, 11) is 0. The fourth-order valence-corrected chi connectivity index (χ4v) is 3.87. The van der Waals surface area contributed by atoms with E-state index in [-0.39, 0.29) is 17.6 Å². The van der Waals surface area contributed by atoms with Crippen molar-refractivity contribution in [1.29, 1.82) is 0 Å². The van der Waals surface area contributed by atoms with E-state index in [1.54, 1.807) is 12.3 Å². The molecule has 4 rings (SSSR count). The number of benzene rings is 1. The van der Waals surface area contributed by atoms with Crippen molar-refractivity contribution in [1.82, 2.24) is 19.4 Å². The highest BCUT2D eigenvalue weighted by molar-refractivity contribution is 5.95. The Balaban J connectivity index is 1.53. The topological polar surface area (TPSA) is 51.0 Å². The van der Waals surface area contributed by atoms with Crippen LogP contribution in [0.5, 0.6) is 0 Å². The van der Waals surface area contributed by atoms with Crippen LogP contribution in [-0.2, 0) is 6.54 Å². The number of aryl methyl sites for hydroxylation is 1. The summed E-state index contributed by atoms with van der Waals surface area (Å²) in [5.41, 5.74) is 2.35. The van der Waals surface area contributed by atoms with Gasteiger partial charge in [-0.15, -0.1) is 0 Å². The van der Waals surface area contributed by atoms with Gasteiger partial charge >= 0.3 is 0 Å². The van der Waals surface area contributed by atoms with Gasteiger partial charge in [0.1, 0.15) is 11.6 Å². The first kappa shape index (κ1) is 18.3. The Morgan fingerprint density at radius 1 is 1.29 bits per heavy atom. The van der Waals surface area contributed by atoms with Gasteiger partial charge in [0.2, 0.25) is 0 Å². The van der Waals surface area contributed by atoms with Crippen LogP contribution in [0.2, 0.25) is 0 Å². The zero-order valence-electron chi connectivity index (χ0n) is 15.9. The summed E-state index contributed by atoms with van der Waals surface area (Å²) >= 11 is 0. The first-order chi connectivity index (χ1) is 13.6. The van der Waals surface area contributed by atoms with Gasteiger partial charge in [-0.2, -0.15) is 0 Å². The monoisotopic (exact) mass is 378 g/mol. The van der Waals surface area contributed by atoms with Crippen LogP contribution in [0, 0.1) is 12.7 Å². The highest BCUT2D eigenvalue weighted by Gasteiger charge is 2.28. The molecule has 1 aliphatic heterocycles. The van der Waals surface area contributed by atoms with Crippen molar-refractivity contribution in [2.45, 2.75) is 32.2 Å². The minimum Gasteiger partial charge on any atom is -0.338 e. The van der Waals surface area contributed by atoms with E-state index in [1.807, 2.05) is 42.5 Å². The van der Waals surface area contributed by atoms with E-state index in [4.69, 9.17) is 0 Å². The quantitative estimate of drug-likeness (QED) is 0.694. The molecule has 2 aromatic heterocycles. The zero-order valence-corrected chi connectivity index (χ0v) is 15.9. The molecule has 1 aromatic carbocycles. The van der Waals surface area contributed by atoms with Crippen molar-refractivity contribution < 1.29 is 9.18 Å². The number of hydrogen-bond donors (Lipinski definition) is 0. The predicted octanol–water partition coefficient (Wildman–Crippen LogP) is 3.79. The van der Waals surface area contributed by atoms with Gasteiger partial charge in [0, 0.05) is 49.4 Å². The van der Waals surface area contributed by atoms with E-state index in [9.17, 15) is 9.18 Å². The number of carbonyl (C=O) groups excluding carboxylic acids is 1. The molecule has 0 saturated carbocycles. The molecule has 1 atom stereocenters. The maximum atomic E-state index is 13.6. The Kier molecular flexibility index (Phi) is 5.19. The molecular weight excluding hydrogens is 355 g/mol. The van der Waals surface area contributed by atoms with Gasteiger partial charge < -0.3 is 9.47 Å². The first-order valence-corrected chi connectivity index (χ1v) is 9.57. The minimum absolute atomic E-state index is 0.105. The van der Waals surface area contributed by atoms with Crippen LogP contribution in [-0.4, -0.2) is 38.4 Å². The number of pyridine rings is 1. The van der Waals surface area contributed by atoms with Crippen LogP contribution >= 0.6 is 0 Å². The molecule has 144 valence electrons. The summed E-state index contributed by atoms with van der Waals surface area (Å²) in [6.45, 7) is 3.83. The molecule has 3 heterocycles. The second-order valence-corrected chi connectivity index (χ2v) is 7.32. The van der Waals surface area contributed by atoms with Gasteiger partial charge in [-0.1, -0.05) is 12.1 Å². The largest absolute Gasteiger partial charge is 0.338 e. The molecule has 1 saturated heterocycles. The van der Waals surface area contributed by atoms with E-state index >= 15 is 0 Å². The first-order valence-electron chi connectivity index (χ1n) is 9.57. The molecule has 1 fully saturated rings. The zero-order chi connectivity index (χ0) is 19.5. The van der Waals surface area contributed by atoms with Crippen LogP contribution in [0.3, 0.4) is 0 Å². The molecule has 5 nitrogen and oxygen atoms in total. The Labute approximate surface area is 163 Å². The maximum absolute atomic E-state index is 13.6. The van der Waals surface area contributed by atoms with Gasteiger partial charge in [0.05, 0.1) is 6.54 Å². The molecule has 1 amide bonds. The third kappa shape index (κ3) is 3.81. The normalized spacial score (nSPS) is 16.9. The van der Waals surface area contributed by atoms with E-state index in [1.165, 1.54) is 12.1 Å². The molecule has 0 N–H and O–H groups in total. The smallest absolute Gasteiger partial charge is 0.254 e. The summed E-state index contributed by atoms with van der Waals surface area (Å²) in [4.78, 5) is 23.6. The number of likely N-dealkylation sites (tertiary alicyclic amines) is 1. The number of halogens is 1. The van der Waals surface area contributed by atoms with Crippen molar-refractivity contribution >= 4 is 5.91 Å². The van der Waals surface area contributed by atoms with Crippen LogP contribution in [0.15, 0.2) is 55.1 Å². The van der Waals surface area contributed by atoms with E-state index < -0.39 is 0 Å². The fourth-order valence-electron chi connectivity index (χ4n) is 3.87. The van der Waals surface area contributed by atoms with Crippen LogP contribution in [0.1, 0.15) is 46.1 Å². The third-order valence-corrected chi connectivity index (χ3v) is 5.33. The average molecular weight is 378 g/mol. The Bertz CT molecular complexity index is 970. The number of piperidine rings is 1. The standard InChI is InChI=1S/C22H23FN4O/c1-16-6-7-19(23)12-20(16)22(28)27-10-3-5-18(15-27)21-25-9-11-26(21)14-17-4-2-8-24-13-17/h2,4,6-9,11-13,18H,3,5,10,14-15H2,1H3/t18-/m0/s1. The van der Waals surface area contributed by atoms with Crippen molar-refractivity contribution in [3.63, 3.8) is 0 Å². The molecule has 28 heavy (non-hydrogen) atoms. The molecule has 3 aromatic rings. The van der Waals surface area contributed by atoms with Gasteiger partial charge in [0.15, 0.2) is 0 Å². The number of aromatic nitrogens is 3. The van der Waals surface area contributed by atoms with Crippen molar-refractivity contribution in [3.8, 4) is 0 Å². The average Bonchev–Trinajstić information content (AvgIpc) is 3.18. The van der Waals surface area contributed by atoms with Gasteiger partial charge in [-0.25, -0.2) is 9.37 Å². The lowest BCUT2D eigenvalue weighted by atomic mass is 9.95. The SMILES string of the molecule is Cc1ccc(F)cc1C(=O)N1CCC[C@H](c2nccn2Cc2cccnc2)C1. The number of carbonyl (C=O) groups is 1. The highest BCUT2D eigenvalue weighted by Crippen LogP contribution is 2.28. The molecule has 1 aliphatic rings. The highest BCUT2D eigenvalue weighted by atomic mass is 19.1. The van der Waals surface area contributed by atoms with E-state index in [2.05, 4.69) is 14.5 Å². The number of hydrogen-bond acceptors (Lipinski definition) is 3. The molecular formula is C22H23FN4O. The maximum Gasteiger partial charge on any atom is 0.254 e. The fraction of sp³-hybridized carbons (Fsp3) is 0.318. The molecule has 0 aliphatic carbocycles. The Morgan fingerprint density at radius 2 is 2.18 bits per heavy atom. The lowest BCUT2D eigenvalue weighted by Crippen LogP contribution is -2.40. The number of nitrogens with zero attached hydrogens (tertiary/aromatic N) is 4. The lowest BCUT2D eigenvalue weighted by Gasteiger charge is -2.33. The van der Waals surface area contributed by atoms with Crippen LogP contribution < -0.4 is 0 Å². The minimum atomic E-state index is -0.380. The summed E-state index contributed by atoms with van der Waals surface area (Å²) < 4.78 is 15.8. The Morgan fingerprint density at radius 3 is 3.00 bits per heavy atom. The summed E-state index contributed by atoms with van der Waals surface area (Å²) in [5, 5.41) is 0. The van der Waals surface area contributed by atoms with Crippen LogP contribution in [0.4, 0.5) is 4.39 Å². The molecule has 6 heteroatoms. The van der Waals surface area contributed by atoms with E-state index in [0.29, 0.717) is 25.2 Å². The predicted molar refractivity (Wildman–Crippen MR) is 105 cm³/mol. The van der Waals surface area contributed by atoms with Gasteiger partial charge in [-0.3, -0.25) is 9.78 Å².